The monoisotopic (exact) mass is 396 g/mol. The second-order valence-electron chi connectivity index (χ2n) is 9.52. The van der Waals surface area contributed by atoms with E-state index in [2.05, 4.69) is 23.1 Å². The molecule has 4 nitrogen and oxygen atoms in total. The van der Waals surface area contributed by atoms with Gasteiger partial charge in [0.15, 0.2) is 0 Å². The van der Waals surface area contributed by atoms with Crippen molar-refractivity contribution >= 4 is 16.9 Å². The van der Waals surface area contributed by atoms with Crippen LogP contribution in [0.4, 0.5) is 0 Å². The maximum absolute atomic E-state index is 11.3. The van der Waals surface area contributed by atoms with Crippen LogP contribution in [0, 0.1) is 17.8 Å². The Bertz CT molecular complexity index is 798. The molecular weight excluding hydrogens is 360 g/mol. The van der Waals surface area contributed by atoms with Crippen molar-refractivity contribution < 1.29 is 9.21 Å². The zero-order valence-corrected chi connectivity index (χ0v) is 17.8. The minimum absolute atomic E-state index is 0.0326. The Morgan fingerprint density at radius 2 is 1.79 bits per heavy atom. The molecule has 1 atom stereocenters. The summed E-state index contributed by atoms with van der Waals surface area (Å²) in [5.41, 5.74) is 7.85. The van der Waals surface area contributed by atoms with E-state index in [1.807, 2.05) is 19.3 Å². The Balaban J connectivity index is 1.18. The summed E-state index contributed by atoms with van der Waals surface area (Å²) >= 11 is 0. The number of nitrogens with two attached hydrogens (primary N) is 1. The van der Waals surface area contributed by atoms with E-state index in [9.17, 15) is 4.79 Å². The summed E-state index contributed by atoms with van der Waals surface area (Å²) in [6.07, 6.45) is 12.0. The van der Waals surface area contributed by atoms with Crippen LogP contribution in [0.1, 0.15) is 69.8 Å². The fourth-order valence-electron chi connectivity index (χ4n) is 5.52. The smallest absolute Gasteiger partial charge is 0.220 e. The van der Waals surface area contributed by atoms with Crippen molar-refractivity contribution in [3.05, 3.63) is 36.1 Å². The third kappa shape index (κ3) is 5.03. The molecule has 1 aromatic heterocycles. The largest absolute Gasteiger partial charge is 0.464 e. The highest BCUT2D eigenvalue weighted by Gasteiger charge is 2.26. The lowest BCUT2D eigenvalue weighted by Crippen LogP contribution is -2.34. The molecule has 1 aliphatic heterocycles. The van der Waals surface area contributed by atoms with Crippen LogP contribution in [0.2, 0.25) is 0 Å². The lowest BCUT2D eigenvalue weighted by atomic mass is 9.77. The molecule has 158 valence electrons. The first-order valence-corrected chi connectivity index (χ1v) is 11.6. The molecule has 0 bridgehead atoms. The SMILES string of the molecule is CC(CC1CCC(CCN2CCC(c3coc4ccccc34)CC2)CC1)C(N)=O. The number of rotatable bonds is 7. The average Bonchev–Trinajstić information content (AvgIpc) is 3.18. The van der Waals surface area contributed by atoms with Gasteiger partial charge in [-0.1, -0.05) is 50.8 Å². The molecule has 2 aromatic rings. The number of nitrogens with zero attached hydrogens (tertiary/aromatic N) is 1. The van der Waals surface area contributed by atoms with Crippen molar-refractivity contribution in [2.45, 2.75) is 64.2 Å². The molecule has 2 fully saturated rings. The summed E-state index contributed by atoms with van der Waals surface area (Å²) < 4.78 is 5.76. The van der Waals surface area contributed by atoms with Gasteiger partial charge in [0, 0.05) is 16.9 Å². The Morgan fingerprint density at radius 1 is 1.10 bits per heavy atom. The van der Waals surface area contributed by atoms with Crippen molar-refractivity contribution in [3.63, 3.8) is 0 Å². The number of primary amides is 1. The summed E-state index contributed by atoms with van der Waals surface area (Å²) in [5.74, 6) is 2.10. The predicted molar refractivity (Wildman–Crippen MR) is 118 cm³/mol. The number of piperidine rings is 1. The highest BCUT2D eigenvalue weighted by molar-refractivity contribution is 5.81. The average molecular weight is 397 g/mol. The molecular formula is C25H36N2O2. The second kappa shape index (κ2) is 9.34. The van der Waals surface area contributed by atoms with Crippen LogP contribution in [0.3, 0.4) is 0 Å². The van der Waals surface area contributed by atoms with E-state index in [4.69, 9.17) is 10.2 Å². The van der Waals surface area contributed by atoms with Gasteiger partial charge in [-0.25, -0.2) is 0 Å². The zero-order valence-electron chi connectivity index (χ0n) is 17.8. The van der Waals surface area contributed by atoms with Crippen LogP contribution < -0.4 is 5.73 Å². The standard InChI is InChI=1S/C25H36N2O2/c1-18(25(26)28)16-20-8-6-19(7-9-20)10-13-27-14-11-21(12-15-27)23-17-29-24-5-3-2-4-22(23)24/h2-5,17-21H,6-16H2,1H3,(H2,26,28). The molecule has 0 spiro atoms. The quantitative estimate of drug-likeness (QED) is 0.689. The number of benzene rings is 1. The van der Waals surface area contributed by atoms with Crippen molar-refractivity contribution in [2.75, 3.05) is 19.6 Å². The van der Waals surface area contributed by atoms with E-state index in [1.165, 1.54) is 75.5 Å². The van der Waals surface area contributed by atoms with Crippen molar-refractivity contribution in [1.29, 1.82) is 0 Å². The number of hydrogen-bond acceptors (Lipinski definition) is 3. The Morgan fingerprint density at radius 3 is 2.52 bits per heavy atom. The van der Waals surface area contributed by atoms with Gasteiger partial charge in [-0.15, -0.1) is 0 Å². The van der Waals surface area contributed by atoms with E-state index in [0.29, 0.717) is 11.8 Å². The molecule has 4 rings (SSSR count). The third-order valence-electron chi connectivity index (χ3n) is 7.53. The van der Waals surface area contributed by atoms with Crippen molar-refractivity contribution in [3.8, 4) is 0 Å². The number of hydrogen-bond donors (Lipinski definition) is 1. The second-order valence-corrected chi connectivity index (χ2v) is 9.52. The summed E-state index contributed by atoms with van der Waals surface area (Å²) in [6.45, 7) is 5.63. The van der Waals surface area contributed by atoms with Crippen LogP contribution >= 0.6 is 0 Å². The topological polar surface area (TPSA) is 59.5 Å². The highest BCUT2D eigenvalue weighted by atomic mass is 16.3. The minimum Gasteiger partial charge on any atom is -0.464 e. The molecule has 29 heavy (non-hydrogen) atoms. The molecule has 4 heteroatoms. The molecule has 0 radical (unpaired) electrons. The van der Waals surface area contributed by atoms with E-state index >= 15 is 0 Å². The number of furan rings is 1. The first-order chi connectivity index (χ1) is 14.1. The van der Waals surface area contributed by atoms with Gasteiger partial charge in [0.2, 0.25) is 5.91 Å². The van der Waals surface area contributed by atoms with Crippen LogP contribution in [0.25, 0.3) is 11.0 Å². The fraction of sp³-hybridized carbons (Fsp3) is 0.640. The number of amides is 1. The first kappa shape index (κ1) is 20.5. The maximum Gasteiger partial charge on any atom is 0.220 e. The molecule has 1 aromatic carbocycles. The number of carbonyl (C=O) groups excluding carboxylic acids is 1. The van der Waals surface area contributed by atoms with Crippen LogP contribution in [0.5, 0.6) is 0 Å². The van der Waals surface area contributed by atoms with Gasteiger partial charge in [0.25, 0.3) is 0 Å². The zero-order chi connectivity index (χ0) is 20.2. The molecule has 1 amide bonds. The lowest BCUT2D eigenvalue weighted by Gasteiger charge is -2.34. The van der Waals surface area contributed by atoms with Gasteiger partial charge in [0.1, 0.15) is 5.58 Å². The third-order valence-corrected chi connectivity index (χ3v) is 7.53. The van der Waals surface area contributed by atoms with Crippen LogP contribution in [0.15, 0.2) is 34.9 Å². The summed E-state index contributed by atoms with van der Waals surface area (Å²) in [5, 5.41) is 1.30. The number of fused-ring (bicyclic) bond motifs is 1. The highest BCUT2D eigenvalue weighted by Crippen LogP contribution is 2.36. The predicted octanol–water partition coefficient (Wildman–Crippen LogP) is 5.32. The minimum atomic E-state index is -0.140. The maximum atomic E-state index is 11.3. The van der Waals surface area contributed by atoms with Crippen LogP contribution in [-0.4, -0.2) is 30.4 Å². The molecule has 1 saturated carbocycles. The lowest BCUT2D eigenvalue weighted by molar-refractivity contribution is -0.121. The van der Waals surface area contributed by atoms with Crippen molar-refractivity contribution in [1.82, 2.24) is 4.90 Å². The first-order valence-electron chi connectivity index (χ1n) is 11.6. The van der Waals surface area contributed by atoms with E-state index in [0.717, 1.165) is 17.9 Å². The Labute approximate surface area is 174 Å². The van der Waals surface area contributed by atoms with Gasteiger partial charge in [-0.05, 0) is 69.1 Å². The summed E-state index contributed by atoms with van der Waals surface area (Å²) in [7, 11) is 0. The Kier molecular flexibility index (Phi) is 6.59. The number of carbonyl (C=O) groups is 1. The van der Waals surface area contributed by atoms with Gasteiger partial charge >= 0.3 is 0 Å². The number of likely N-dealkylation sites (tertiary alicyclic amines) is 1. The molecule has 2 aliphatic rings. The van der Waals surface area contributed by atoms with Crippen molar-refractivity contribution in [2.24, 2.45) is 23.5 Å². The van der Waals surface area contributed by atoms with E-state index in [1.54, 1.807) is 0 Å². The summed E-state index contributed by atoms with van der Waals surface area (Å²) in [4.78, 5) is 14.0. The van der Waals surface area contributed by atoms with Gasteiger partial charge in [-0.2, -0.15) is 0 Å². The van der Waals surface area contributed by atoms with E-state index < -0.39 is 0 Å². The van der Waals surface area contributed by atoms with Crippen LogP contribution in [-0.2, 0) is 4.79 Å². The van der Waals surface area contributed by atoms with E-state index in [-0.39, 0.29) is 11.8 Å². The van der Waals surface area contributed by atoms with Gasteiger partial charge in [0.05, 0.1) is 6.26 Å². The molecule has 1 unspecified atom stereocenters. The molecule has 1 saturated heterocycles. The van der Waals surface area contributed by atoms with Gasteiger partial charge in [-0.3, -0.25) is 4.79 Å². The molecule has 2 heterocycles. The fourth-order valence-corrected chi connectivity index (χ4v) is 5.52. The van der Waals surface area contributed by atoms with Gasteiger partial charge < -0.3 is 15.1 Å². The summed E-state index contributed by atoms with van der Waals surface area (Å²) in [6, 6.07) is 8.42. The normalized spacial score (nSPS) is 25.3. The molecule has 2 N–H and O–H groups in total. The molecule has 1 aliphatic carbocycles. The Hall–Kier alpha value is -1.81. The number of para-hydroxylation sites is 1.